The number of carbonyl (C=O) groups excluding carboxylic acids is 1. The maximum atomic E-state index is 11.6. The van der Waals surface area contributed by atoms with Crippen molar-refractivity contribution >= 4 is 5.91 Å². The molecule has 2 heterocycles. The van der Waals surface area contributed by atoms with Gasteiger partial charge in [0.2, 0.25) is 0 Å². The van der Waals surface area contributed by atoms with E-state index in [9.17, 15) is 4.79 Å². The van der Waals surface area contributed by atoms with Crippen LogP contribution >= 0.6 is 0 Å². The first kappa shape index (κ1) is 24.7. The predicted octanol–water partition coefficient (Wildman–Crippen LogP) is 6.06. The zero-order valence-electron chi connectivity index (χ0n) is 21.0. The molecule has 37 heavy (non-hydrogen) atoms. The fourth-order valence-electron chi connectivity index (χ4n) is 5.36. The predicted molar refractivity (Wildman–Crippen MR) is 147 cm³/mol. The molecule has 1 aromatic heterocycles. The van der Waals surface area contributed by atoms with E-state index in [1.165, 1.54) is 35.7 Å². The molecular formula is C32H33N3O2. The van der Waals surface area contributed by atoms with Crippen LogP contribution in [0.25, 0.3) is 0 Å². The summed E-state index contributed by atoms with van der Waals surface area (Å²) < 4.78 is 5.88. The SMILES string of the molecule is NC(=O)c1cnccc1Oc1ccc(CCN2CCC(C(c3ccccc3)c3ccccc3)CC2)cc1. The Labute approximate surface area is 218 Å². The summed E-state index contributed by atoms with van der Waals surface area (Å²) in [6.45, 7) is 3.30. The van der Waals surface area contributed by atoms with Crippen molar-refractivity contribution in [3.63, 3.8) is 0 Å². The molecule has 0 spiro atoms. The molecular weight excluding hydrogens is 458 g/mol. The second-order valence-electron chi connectivity index (χ2n) is 9.71. The highest BCUT2D eigenvalue weighted by Gasteiger charge is 2.28. The molecule has 188 valence electrons. The molecule has 0 aliphatic carbocycles. The molecule has 1 amide bonds. The van der Waals surface area contributed by atoms with Crippen molar-refractivity contribution in [2.75, 3.05) is 19.6 Å². The minimum absolute atomic E-state index is 0.275. The molecule has 3 aromatic carbocycles. The summed E-state index contributed by atoms with van der Waals surface area (Å²) in [4.78, 5) is 18.1. The quantitative estimate of drug-likeness (QED) is 0.309. The van der Waals surface area contributed by atoms with Crippen molar-refractivity contribution in [1.82, 2.24) is 9.88 Å². The molecule has 0 saturated carbocycles. The highest BCUT2D eigenvalue weighted by atomic mass is 16.5. The molecule has 0 atom stereocenters. The van der Waals surface area contributed by atoms with E-state index in [-0.39, 0.29) is 5.56 Å². The van der Waals surface area contributed by atoms with Crippen LogP contribution in [0.4, 0.5) is 0 Å². The van der Waals surface area contributed by atoms with Crippen LogP contribution in [-0.4, -0.2) is 35.4 Å². The van der Waals surface area contributed by atoms with Crippen molar-refractivity contribution < 1.29 is 9.53 Å². The second kappa shape index (κ2) is 11.8. The van der Waals surface area contributed by atoms with Crippen LogP contribution in [0, 0.1) is 5.92 Å². The Morgan fingerprint density at radius 2 is 1.51 bits per heavy atom. The van der Waals surface area contributed by atoms with Gasteiger partial charge in [0.05, 0.1) is 0 Å². The number of piperidine rings is 1. The molecule has 0 unspecified atom stereocenters. The van der Waals surface area contributed by atoms with Crippen LogP contribution in [-0.2, 0) is 6.42 Å². The Hall–Kier alpha value is -3.96. The summed E-state index contributed by atoms with van der Waals surface area (Å²) in [6, 6.07) is 31.7. The Morgan fingerprint density at radius 1 is 0.892 bits per heavy atom. The van der Waals surface area contributed by atoms with E-state index < -0.39 is 5.91 Å². The van der Waals surface area contributed by atoms with Gasteiger partial charge in [-0.1, -0.05) is 72.8 Å². The maximum absolute atomic E-state index is 11.6. The van der Waals surface area contributed by atoms with Crippen LogP contribution in [0.15, 0.2) is 103 Å². The number of amides is 1. The summed E-state index contributed by atoms with van der Waals surface area (Å²) in [5, 5.41) is 0. The second-order valence-corrected chi connectivity index (χ2v) is 9.71. The van der Waals surface area contributed by atoms with Crippen molar-refractivity contribution in [3.05, 3.63) is 126 Å². The van der Waals surface area contributed by atoms with Crippen molar-refractivity contribution in [2.45, 2.75) is 25.2 Å². The largest absolute Gasteiger partial charge is 0.456 e. The van der Waals surface area contributed by atoms with Gasteiger partial charge in [0.15, 0.2) is 0 Å². The monoisotopic (exact) mass is 491 g/mol. The van der Waals surface area contributed by atoms with E-state index in [4.69, 9.17) is 10.5 Å². The van der Waals surface area contributed by atoms with Gasteiger partial charge in [-0.15, -0.1) is 0 Å². The first-order valence-electron chi connectivity index (χ1n) is 13.0. The zero-order chi connectivity index (χ0) is 25.5. The number of nitrogens with two attached hydrogens (primary N) is 1. The molecule has 4 aromatic rings. The van der Waals surface area contributed by atoms with Gasteiger partial charge in [-0.2, -0.15) is 0 Å². The first-order valence-corrected chi connectivity index (χ1v) is 13.0. The fourth-order valence-corrected chi connectivity index (χ4v) is 5.36. The Morgan fingerprint density at radius 3 is 2.11 bits per heavy atom. The van der Waals surface area contributed by atoms with Crippen LogP contribution < -0.4 is 10.5 Å². The molecule has 0 radical (unpaired) electrons. The fraction of sp³-hybridized carbons (Fsp3) is 0.250. The number of likely N-dealkylation sites (tertiary alicyclic amines) is 1. The minimum atomic E-state index is -0.553. The van der Waals surface area contributed by atoms with Crippen LogP contribution in [0.3, 0.4) is 0 Å². The summed E-state index contributed by atoms with van der Waals surface area (Å²) in [5.74, 6) is 1.64. The number of benzene rings is 3. The average molecular weight is 492 g/mol. The van der Waals surface area contributed by atoms with E-state index in [1.807, 2.05) is 12.1 Å². The Balaban J connectivity index is 1.16. The van der Waals surface area contributed by atoms with E-state index in [1.54, 1.807) is 12.3 Å². The number of nitrogens with zero attached hydrogens (tertiary/aromatic N) is 2. The smallest absolute Gasteiger partial charge is 0.254 e. The third kappa shape index (κ3) is 6.25. The van der Waals surface area contributed by atoms with Crippen LogP contribution in [0.2, 0.25) is 0 Å². The molecule has 0 bridgehead atoms. The summed E-state index contributed by atoms with van der Waals surface area (Å²) in [7, 11) is 0. The van der Waals surface area contributed by atoms with Crippen LogP contribution in [0.1, 0.15) is 45.8 Å². The van der Waals surface area contributed by atoms with Gasteiger partial charge in [-0.25, -0.2) is 0 Å². The third-order valence-corrected chi connectivity index (χ3v) is 7.34. The third-order valence-electron chi connectivity index (χ3n) is 7.34. The lowest BCUT2D eigenvalue weighted by Gasteiger charge is -2.36. The van der Waals surface area contributed by atoms with Gasteiger partial charge in [-0.05, 0) is 73.2 Å². The lowest BCUT2D eigenvalue weighted by atomic mass is 9.76. The highest BCUT2D eigenvalue weighted by molar-refractivity contribution is 5.95. The lowest BCUT2D eigenvalue weighted by Crippen LogP contribution is -2.37. The zero-order valence-corrected chi connectivity index (χ0v) is 21.0. The highest BCUT2D eigenvalue weighted by Crippen LogP contribution is 2.38. The number of aromatic nitrogens is 1. The van der Waals surface area contributed by atoms with Gasteiger partial charge in [-0.3, -0.25) is 9.78 Å². The van der Waals surface area contributed by atoms with Gasteiger partial charge in [0.1, 0.15) is 17.1 Å². The lowest BCUT2D eigenvalue weighted by molar-refractivity contribution is 0.0997. The molecule has 5 nitrogen and oxygen atoms in total. The number of primary amides is 1. The normalized spacial score (nSPS) is 14.5. The molecule has 5 heteroatoms. The molecule has 1 aliphatic rings. The van der Waals surface area contributed by atoms with Gasteiger partial charge < -0.3 is 15.4 Å². The number of hydrogen-bond acceptors (Lipinski definition) is 4. The molecule has 5 rings (SSSR count). The number of carbonyl (C=O) groups is 1. The summed E-state index contributed by atoms with van der Waals surface area (Å²) in [6.07, 6.45) is 6.41. The standard InChI is InChI=1S/C32H33N3O2/c33-32(36)29-23-34-19-15-30(29)37-28-13-11-24(12-14-28)16-20-35-21-17-27(18-22-35)31(25-7-3-1-4-8-25)26-9-5-2-6-10-26/h1-15,19,23,27,31H,16-18,20-22H2,(H2,33,36). The number of pyridine rings is 1. The topological polar surface area (TPSA) is 68.5 Å². The van der Waals surface area contributed by atoms with Gasteiger partial charge in [0, 0.05) is 24.9 Å². The Bertz CT molecular complexity index is 1250. The van der Waals surface area contributed by atoms with Crippen molar-refractivity contribution in [1.29, 1.82) is 0 Å². The van der Waals surface area contributed by atoms with Gasteiger partial charge >= 0.3 is 0 Å². The van der Waals surface area contributed by atoms with E-state index >= 15 is 0 Å². The van der Waals surface area contributed by atoms with E-state index in [0.717, 1.165) is 26.1 Å². The minimum Gasteiger partial charge on any atom is -0.456 e. The molecule has 2 N–H and O–H groups in total. The molecule has 1 aliphatic heterocycles. The average Bonchev–Trinajstić information content (AvgIpc) is 2.95. The van der Waals surface area contributed by atoms with E-state index in [2.05, 4.69) is 82.7 Å². The van der Waals surface area contributed by atoms with Crippen molar-refractivity contribution in [3.8, 4) is 11.5 Å². The number of rotatable bonds is 9. The van der Waals surface area contributed by atoms with Crippen molar-refractivity contribution in [2.24, 2.45) is 11.7 Å². The van der Waals surface area contributed by atoms with E-state index in [0.29, 0.717) is 23.3 Å². The summed E-state index contributed by atoms with van der Waals surface area (Å²) >= 11 is 0. The number of hydrogen-bond donors (Lipinski definition) is 1. The van der Waals surface area contributed by atoms with Crippen LogP contribution in [0.5, 0.6) is 11.5 Å². The first-order chi connectivity index (χ1) is 18.2. The van der Waals surface area contributed by atoms with Gasteiger partial charge in [0.25, 0.3) is 5.91 Å². The number of ether oxygens (including phenoxy) is 1. The summed E-state index contributed by atoms with van der Waals surface area (Å²) in [5.41, 5.74) is 9.81. The Kier molecular flexibility index (Phi) is 7.92. The molecule has 1 saturated heterocycles. The maximum Gasteiger partial charge on any atom is 0.254 e. The molecule has 1 fully saturated rings.